The van der Waals surface area contributed by atoms with Crippen molar-refractivity contribution in [3.8, 4) is 11.6 Å². The lowest BCUT2D eigenvalue weighted by Gasteiger charge is -2.48. The minimum atomic E-state index is -1.70. The van der Waals surface area contributed by atoms with E-state index in [-0.39, 0.29) is 5.04 Å². The number of para-hydroxylation sites is 1. The number of hydrogen-bond donors (Lipinski definition) is 1. The SMILES string of the molecule is CCCCC(CCCC)(CCCC)[SiH](C)OC1(c2cn(-c3nc(Nc4cc5c(cc4OC)CCN(C)C5)ncc3Cl)c3ccccc23)COC1. The first-order valence-electron chi connectivity index (χ1n) is 18.8. The van der Waals surface area contributed by atoms with E-state index < -0.39 is 14.6 Å². The summed E-state index contributed by atoms with van der Waals surface area (Å²) >= 11 is 6.91. The predicted octanol–water partition coefficient (Wildman–Crippen LogP) is 9.72. The Morgan fingerprint density at radius 3 is 2.36 bits per heavy atom. The first-order valence-corrected chi connectivity index (χ1v) is 21.4. The van der Waals surface area contributed by atoms with Gasteiger partial charge in [-0.05, 0) is 73.6 Å². The Morgan fingerprint density at radius 2 is 1.72 bits per heavy atom. The number of ether oxygens (including phenoxy) is 2. The van der Waals surface area contributed by atoms with Gasteiger partial charge in [-0.1, -0.05) is 89.1 Å². The number of hydrogen-bond acceptors (Lipinski definition) is 7. The van der Waals surface area contributed by atoms with Crippen LogP contribution in [-0.2, 0) is 27.7 Å². The Bertz CT molecular complexity index is 1740. The zero-order valence-corrected chi connectivity index (χ0v) is 32.9. The minimum absolute atomic E-state index is 0.284. The molecule has 0 saturated carbocycles. The van der Waals surface area contributed by atoms with Crippen LogP contribution in [0, 0.1) is 0 Å². The van der Waals surface area contributed by atoms with Gasteiger partial charge in [0, 0.05) is 30.2 Å². The fourth-order valence-electron chi connectivity index (χ4n) is 8.03. The summed E-state index contributed by atoms with van der Waals surface area (Å²) in [6.07, 6.45) is 16.1. The van der Waals surface area contributed by atoms with Gasteiger partial charge < -0.3 is 24.1 Å². The molecule has 6 rings (SSSR count). The molecule has 1 fully saturated rings. The molecule has 50 heavy (non-hydrogen) atoms. The number of fused-ring (bicyclic) bond motifs is 2. The van der Waals surface area contributed by atoms with Crippen molar-refractivity contribution < 1.29 is 13.9 Å². The van der Waals surface area contributed by atoms with Crippen molar-refractivity contribution in [1.82, 2.24) is 19.4 Å². The number of nitrogens with zero attached hydrogens (tertiary/aromatic N) is 4. The molecule has 0 aliphatic carbocycles. The number of anilines is 2. The van der Waals surface area contributed by atoms with Crippen LogP contribution in [0.2, 0.25) is 16.6 Å². The number of aromatic nitrogens is 3. The maximum atomic E-state index is 7.49. The van der Waals surface area contributed by atoms with Gasteiger partial charge in [0.25, 0.3) is 0 Å². The number of benzene rings is 2. The highest BCUT2D eigenvalue weighted by atomic mass is 35.5. The molecule has 1 saturated heterocycles. The van der Waals surface area contributed by atoms with Crippen molar-refractivity contribution in [3.63, 3.8) is 0 Å². The van der Waals surface area contributed by atoms with Gasteiger partial charge in [0.1, 0.15) is 16.4 Å². The molecule has 10 heteroatoms. The maximum Gasteiger partial charge on any atom is 0.229 e. The Hall–Kier alpha value is -2.95. The molecular formula is C40H56ClN5O3Si. The van der Waals surface area contributed by atoms with Crippen LogP contribution < -0.4 is 10.1 Å². The molecule has 1 N–H and O–H groups in total. The van der Waals surface area contributed by atoms with Crippen LogP contribution in [0.3, 0.4) is 0 Å². The van der Waals surface area contributed by atoms with Crippen LogP contribution in [0.5, 0.6) is 5.75 Å². The summed E-state index contributed by atoms with van der Waals surface area (Å²) in [5, 5.41) is 5.35. The molecule has 1 unspecified atom stereocenters. The first-order chi connectivity index (χ1) is 24.3. The van der Waals surface area contributed by atoms with E-state index in [0.717, 1.165) is 47.4 Å². The third kappa shape index (κ3) is 7.49. The standard InChI is InChI=1S/C40H56ClN5O3Si/c1-7-10-18-39(19-11-8-2,20-12-9-3)50(6)49-40(27-48-28-40)32-26-46(35-16-14-13-15-31(32)35)37-33(41)24-42-38(44-37)43-34-22-30-25-45(4)21-17-29(30)23-36(34)47-5/h13-16,22-24,26,50H,7-12,17-21,25,27-28H2,1-6H3,(H,42,43,44). The second-order valence-electron chi connectivity index (χ2n) is 14.6. The highest BCUT2D eigenvalue weighted by molar-refractivity contribution is 6.54. The fourth-order valence-corrected chi connectivity index (χ4v) is 11.2. The number of methoxy groups -OCH3 is 1. The minimum Gasteiger partial charge on any atom is -0.495 e. The Morgan fingerprint density at radius 1 is 1.02 bits per heavy atom. The van der Waals surface area contributed by atoms with Crippen LogP contribution in [0.25, 0.3) is 16.7 Å². The highest BCUT2D eigenvalue weighted by Gasteiger charge is 2.49. The number of halogens is 1. The van der Waals surface area contributed by atoms with Gasteiger partial charge in [0.15, 0.2) is 14.9 Å². The number of rotatable bonds is 17. The molecule has 2 aliphatic heterocycles. The van der Waals surface area contributed by atoms with Gasteiger partial charge in [-0.25, -0.2) is 4.98 Å². The van der Waals surface area contributed by atoms with E-state index in [2.05, 4.69) is 96.7 Å². The summed E-state index contributed by atoms with van der Waals surface area (Å²) < 4.78 is 21.4. The summed E-state index contributed by atoms with van der Waals surface area (Å²) in [6.45, 7) is 12.5. The van der Waals surface area contributed by atoms with Gasteiger partial charge >= 0.3 is 0 Å². The van der Waals surface area contributed by atoms with Crippen molar-refractivity contribution in [3.05, 3.63) is 70.5 Å². The van der Waals surface area contributed by atoms with E-state index in [1.54, 1.807) is 13.3 Å². The fraction of sp³-hybridized carbons (Fsp3) is 0.550. The van der Waals surface area contributed by atoms with Gasteiger partial charge in [0.2, 0.25) is 5.95 Å². The molecule has 4 aromatic rings. The smallest absolute Gasteiger partial charge is 0.229 e. The topological polar surface area (TPSA) is 73.7 Å². The Labute approximate surface area is 305 Å². The average molecular weight is 718 g/mol. The lowest BCUT2D eigenvalue weighted by molar-refractivity contribution is -0.171. The second kappa shape index (κ2) is 16.2. The number of likely N-dealkylation sites (N-methyl/N-ethyl adjacent to an activating group) is 1. The lowest BCUT2D eigenvalue weighted by Crippen LogP contribution is -2.53. The molecule has 1 atom stereocenters. The third-order valence-electron chi connectivity index (χ3n) is 11.1. The Kier molecular flexibility index (Phi) is 11.9. The average Bonchev–Trinajstić information content (AvgIpc) is 3.49. The van der Waals surface area contributed by atoms with Gasteiger partial charge in [-0.15, -0.1) is 0 Å². The summed E-state index contributed by atoms with van der Waals surface area (Å²) in [5.74, 6) is 1.85. The molecule has 8 nitrogen and oxygen atoms in total. The summed E-state index contributed by atoms with van der Waals surface area (Å²) in [4.78, 5) is 11.9. The molecular weight excluding hydrogens is 662 g/mol. The Balaban J connectivity index is 1.36. The maximum absolute atomic E-state index is 7.49. The van der Waals surface area contributed by atoms with E-state index in [1.807, 2.05) is 0 Å². The van der Waals surface area contributed by atoms with Crippen LogP contribution in [0.15, 0.2) is 48.8 Å². The van der Waals surface area contributed by atoms with E-state index >= 15 is 0 Å². The molecule has 4 heterocycles. The highest BCUT2D eigenvalue weighted by Crippen LogP contribution is 2.50. The van der Waals surface area contributed by atoms with Gasteiger partial charge in [0.05, 0.1) is 37.7 Å². The summed E-state index contributed by atoms with van der Waals surface area (Å²) in [7, 11) is 2.16. The molecule has 0 bridgehead atoms. The molecule has 0 amide bonds. The third-order valence-corrected chi connectivity index (χ3v) is 14.8. The van der Waals surface area contributed by atoms with Crippen LogP contribution >= 0.6 is 11.6 Å². The van der Waals surface area contributed by atoms with E-state index in [0.29, 0.717) is 30.0 Å². The monoisotopic (exact) mass is 717 g/mol. The van der Waals surface area contributed by atoms with E-state index in [4.69, 9.17) is 30.5 Å². The van der Waals surface area contributed by atoms with Crippen LogP contribution in [0.4, 0.5) is 11.6 Å². The van der Waals surface area contributed by atoms with Gasteiger partial charge in [-0.3, -0.25) is 4.57 Å². The summed E-state index contributed by atoms with van der Waals surface area (Å²) in [5.41, 5.74) is 5.13. The van der Waals surface area contributed by atoms with E-state index in [9.17, 15) is 0 Å². The second-order valence-corrected chi connectivity index (χ2v) is 17.8. The van der Waals surface area contributed by atoms with Crippen molar-refractivity contribution in [2.75, 3.05) is 39.2 Å². The molecule has 2 aliphatic rings. The number of unbranched alkanes of at least 4 members (excludes halogenated alkanes) is 3. The quantitative estimate of drug-likeness (QED) is 0.109. The molecule has 0 spiro atoms. The predicted molar refractivity (Wildman–Crippen MR) is 208 cm³/mol. The van der Waals surface area contributed by atoms with Crippen molar-refractivity contribution in [2.45, 2.75) is 109 Å². The normalized spacial score (nSPS) is 16.6. The molecule has 2 aromatic heterocycles. The summed E-state index contributed by atoms with van der Waals surface area (Å²) in [6, 6.07) is 12.8. The van der Waals surface area contributed by atoms with Gasteiger partial charge in [-0.2, -0.15) is 4.98 Å². The molecule has 2 aromatic carbocycles. The molecule has 270 valence electrons. The molecule has 0 radical (unpaired) electrons. The van der Waals surface area contributed by atoms with Crippen molar-refractivity contribution >= 4 is 43.2 Å². The van der Waals surface area contributed by atoms with Crippen molar-refractivity contribution in [1.29, 1.82) is 0 Å². The zero-order chi connectivity index (χ0) is 35.3. The zero-order valence-electron chi connectivity index (χ0n) is 31.0. The largest absolute Gasteiger partial charge is 0.495 e. The van der Waals surface area contributed by atoms with Crippen molar-refractivity contribution in [2.24, 2.45) is 0 Å². The first kappa shape index (κ1) is 36.8. The number of nitrogens with one attached hydrogen (secondary N) is 1. The van der Waals surface area contributed by atoms with Crippen LogP contribution in [0.1, 0.15) is 95.2 Å². The lowest BCUT2D eigenvalue weighted by atomic mass is 9.89. The van der Waals surface area contributed by atoms with Crippen LogP contribution in [-0.4, -0.2) is 62.4 Å². The van der Waals surface area contributed by atoms with E-state index in [1.165, 1.54) is 68.9 Å².